The predicted octanol–water partition coefficient (Wildman–Crippen LogP) is 4.65. The van der Waals surface area contributed by atoms with Crippen molar-refractivity contribution in [3.8, 4) is 0 Å². The molecule has 2 N–H and O–H groups in total. The molecular formula is C19H22F3N3O5. The van der Waals surface area contributed by atoms with E-state index in [9.17, 15) is 38.5 Å². The summed E-state index contributed by atoms with van der Waals surface area (Å²) in [5, 5.41) is 36.7. The average Bonchev–Trinajstić information content (AvgIpc) is 2.58. The molecule has 4 bridgehead atoms. The van der Waals surface area contributed by atoms with Crippen LogP contribution in [0.5, 0.6) is 0 Å². The number of hydrogen-bond acceptors (Lipinski definition) is 6. The number of alkyl halides is 3. The highest BCUT2D eigenvalue weighted by atomic mass is 19.4. The van der Waals surface area contributed by atoms with Crippen molar-refractivity contribution in [2.45, 2.75) is 63.3 Å². The number of benzene rings is 1. The van der Waals surface area contributed by atoms with Gasteiger partial charge in [-0.25, -0.2) is 0 Å². The summed E-state index contributed by atoms with van der Waals surface area (Å²) in [6.45, 7) is 1.74. The Morgan fingerprint density at radius 3 is 2.00 bits per heavy atom. The van der Waals surface area contributed by atoms with Crippen LogP contribution in [0.3, 0.4) is 0 Å². The van der Waals surface area contributed by atoms with Gasteiger partial charge in [-0.05, 0) is 62.7 Å². The highest BCUT2D eigenvalue weighted by Gasteiger charge is 2.59. The minimum Gasteiger partial charge on any atom is -0.390 e. The van der Waals surface area contributed by atoms with Crippen LogP contribution in [0.2, 0.25) is 0 Å². The Kier molecular flexibility index (Phi) is 4.53. The molecule has 3 atom stereocenters. The maximum atomic E-state index is 13.1. The van der Waals surface area contributed by atoms with Crippen molar-refractivity contribution in [1.82, 2.24) is 0 Å². The Morgan fingerprint density at radius 2 is 1.60 bits per heavy atom. The van der Waals surface area contributed by atoms with Gasteiger partial charge in [0.2, 0.25) is 0 Å². The molecule has 0 saturated heterocycles. The van der Waals surface area contributed by atoms with E-state index in [4.69, 9.17) is 0 Å². The Balaban J connectivity index is 1.74. The van der Waals surface area contributed by atoms with Gasteiger partial charge in [-0.1, -0.05) is 0 Å². The number of anilines is 1. The topological polar surface area (TPSA) is 119 Å². The molecule has 0 spiro atoms. The first kappa shape index (κ1) is 20.8. The quantitative estimate of drug-likeness (QED) is 0.519. The summed E-state index contributed by atoms with van der Waals surface area (Å²) in [6.07, 6.45) is -0.495. The Hall–Kier alpha value is -2.43. The van der Waals surface area contributed by atoms with Crippen LogP contribution in [0, 0.1) is 37.5 Å². The predicted molar refractivity (Wildman–Crippen MR) is 99.9 cm³/mol. The lowest BCUT2D eigenvalue weighted by atomic mass is 9.46. The summed E-state index contributed by atoms with van der Waals surface area (Å²) in [4.78, 5) is 20.9. The van der Waals surface area contributed by atoms with E-state index in [0.29, 0.717) is 43.2 Å². The van der Waals surface area contributed by atoms with E-state index < -0.39 is 55.7 Å². The van der Waals surface area contributed by atoms with Crippen LogP contribution >= 0.6 is 0 Å². The lowest BCUT2D eigenvalue weighted by molar-refractivity contribution is -0.392. The largest absolute Gasteiger partial charge is 0.416 e. The summed E-state index contributed by atoms with van der Waals surface area (Å²) in [5.74, 6) is 0.635. The molecule has 4 saturated carbocycles. The van der Waals surface area contributed by atoms with Crippen LogP contribution in [-0.2, 0) is 6.18 Å². The van der Waals surface area contributed by atoms with Gasteiger partial charge in [-0.2, -0.15) is 13.2 Å². The molecule has 4 aliphatic rings. The summed E-state index contributed by atoms with van der Waals surface area (Å²) >= 11 is 0. The second kappa shape index (κ2) is 6.53. The number of nitrogens with zero attached hydrogens (tertiary/aromatic N) is 2. The molecular weight excluding hydrogens is 407 g/mol. The minimum atomic E-state index is -4.96. The van der Waals surface area contributed by atoms with Crippen molar-refractivity contribution >= 4 is 17.1 Å². The fourth-order valence-electron chi connectivity index (χ4n) is 6.37. The van der Waals surface area contributed by atoms with E-state index in [1.807, 2.05) is 0 Å². The van der Waals surface area contributed by atoms with Crippen LogP contribution in [0.15, 0.2) is 12.1 Å². The lowest BCUT2D eigenvalue weighted by Gasteiger charge is -2.62. The number of nitro benzene ring substituents is 2. The van der Waals surface area contributed by atoms with Crippen LogP contribution in [0.4, 0.5) is 30.2 Å². The van der Waals surface area contributed by atoms with Crippen LogP contribution in [0.25, 0.3) is 0 Å². The molecule has 4 aliphatic carbocycles. The van der Waals surface area contributed by atoms with E-state index in [1.54, 1.807) is 6.92 Å². The minimum absolute atomic E-state index is 0.318. The third kappa shape index (κ3) is 3.38. The van der Waals surface area contributed by atoms with E-state index in [-0.39, 0.29) is 0 Å². The molecule has 1 aromatic carbocycles. The number of nitro groups is 2. The summed E-state index contributed by atoms with van der Waals surface area (Å²) in [6, 6.07) is 0.161. The Labute approximate surface area is 169 Å². The van der Waals surface area contributed by atoms with E-state index in [1.165, 1.54) is 0 Å². The molecule has 5 rings (SSSR count). The maximum absolute atomic E-state index is 13.1. The number of nitrogens with one attached hydrogen (secondary N) is 1. The molecule has 8 nitrogen and oxygen atoms in total. The molecule has 11 heteroatoms. The van der Waals surface area contributed by atoms with Crippen molar-refractivity contribution in [2.75, 3.05) is 5.32 Å². The molecule has 4 fully saturated rings. The molecule has 164 valence electrons. The van der Waals surface area contributed by atoms with Crippen LogP contribution in [0.1, 0.15) is 51.0 Å². The summed E-state index contributed by atoms with van der Waals surface area (Å²) in [7, 11) is 0. The number of rotatable bonds is 5. The van der Waals surface area contributed by atoms with Gasteiger partial charge < -0.3 is 10.4 Å². The van der Waals surface area contributed by atoms with Gasteiger partial charge in [0.15, 0.2) is 5.69 Å². The first-order valence-electron chi connectivity index (χ1n) is 9.85. The number of halogens is 3. The fraction of sp³-hybridized carbons (Fsp3) is 0.684. The standard InChI is InChI=1S/C19H22F3N3O5/c1-10(17-5-11-2-12(6-17)8-18(26,7-11)9-17)23-16-14(24(27)28)3-13(19(20,21)22)4-15(16)25(29)30/h3-4,10-12,23,26H,2,5-9H2,1H3/t10-,11+,12+,17?,18?/m1/s1. The summed E-state index contributed by atoms with van der Waals surface area (Å²) < 4.78 is 39.4. The first-order valence-corrected chi connectivity index (χ1v) is 9.85. The smallest absolute Gasteiger partial charge is 0.390 e. The molecule has 0 radical (unpaired) electrons. The van der Waals surface area contributed by atoms with Gasteiger partial charge in [-0.15, -0.1) is 0 Å². The molecule has 1 aromatic rings. The highest BCUT2D eigenvalue weighted by Crippen LogP contribution is 2.63. The number of hydrogen-bond donors (Lipinski definition) is 2. The lowest BCUT2D eigenvalue weighted by Crippen LogP contribution is -2.60. The summed E-state index contributed by atoms with van der Waals surface area (Å²) in [5.41, 5.74) is -5.14. The van der Waals surface area contributed by atoms with Gasteiger partial charge in [0, 0.05) is 18.2 Å². The molecule has 0 unspecified atom stereocenters. The second-order valence-electron chi connectivity index (χ2n) is 9.32. The van der Waals surface area contributed by atoms with Gasteiger partial charge in [0.25, 0.3) is 11.4 Å². The monoisotopic (exact) mass is 429 g/mol. The molecule has 30 heavy (non-hydrogen) atoms. The molecule has 0 amide bonds. The fourth-order valence-corrected chi connectivity index (χ4v) is 6.37. The molecule has 0 aliphatic heterocycles. The normalized spacial score (nSPS) is 33.4. The van der Waals surface area contributed by atoms with Crippen molar-refractivity contribution in [3.05, 3.63) is 37.9 Å². The average molecular weight is 429 g/mol. The van der Waals surface area contributed by atoms with E-state index in [2.05, 4.69) is 5.32 Å². The maximum Gasteiger partial charge on any atom is 0.416 e. The van der Waals surface area contributed by atoms with Crippen molar-refractivity contribution in [3.63, 3.8) is 0 Å². The van der Waals surface area contributed by atoms with E-state index in [0.717, 1.165) is 19.3 Å². The molecule has 0 aromatic heterocycles. The number of aliphatic hydroxyl groups is 1. The van der Waals surface area contributed by atoms with Crippen molar-refractivity contribution in [1.29, 1.82) is 0 Å². The van der Waals surface area contributed by atoms with Gasteiger partial charge in [0.05, 0.1) is 21.0 Å². The third-order valence-electron chi connectivity index (χ3n) is 7.17. The van der Waals surface area contributed by atoms with E-state index >= 15 is 0 Å². The van der Waals surface area contributed by atoms with Crippen molar-refractivity contribution < 1.29 is 28.1 Å². The highest BCUT2D eigenvalue weighted by molar-refractivity contribution is 5.75. The van der Waals surface area contributed by atoms with Crippen LogP contribution < -0.4 is 5.32 Å². The first-order chi connectivity index (χ1) is 13.8. The van der Waals surface area contributed by atoms with Gasteiger partial charge >= 0.3 is 6.18 Å². The molecule has 0 heterocycles. The van der Waals surface area contributed by atoms with Gasteiger partial charge in [0.1, 0.15) is 0 Å². The Morgan fingerprint density at radius 1 is 1.10 bits per heavy atom. The van der Waals surface area contributed by atoms with Gasteiger partial charge in [-0.3, -0.25) is 20.2 Å². The Bertz CT molecular complexity index is 870. The second-order valence-corrected chi connectivity index (χ2v) is 9.32. The van der Waals surface area contributed by atoms with Crippen LogP contribution in [-0.4, -0.2) is 26.6 Å². The SMILES string of the molecule is C[C@@H](Nc1c([N+](=O)[O-])cc(C(F)(F)F)cc1[N+](=O)[O-])C12C[C@@H]3C[C@H](CC(O)(C3)C1)C2. The third-order valence-corrected chi connectivity index (χ3v) is 7.17. The zero-order valence-corrected chi connectivity index (χ0v) is 16.2. The van der Waals surface area contributed by atoms with Crippen molar-refractivity contribution in [2.24, 2.45) is 17.3 Å². The zero-order chi connectivity index (χ0) is 22.1. The zero-order valence-electron chi connectivity index (χ0n) is 16.2.